The maximum absolute atomic E-state index is 6.06. The number of aromatic nitrogens is 1. The van der Waals surface area contributed by atoms with E-state index in [0.717, 1.165) is 22.1 Å². The number of nitrogens with zero attached hydrogens (tertiary/aromatic N) is 1. The van der Waals surface area contributed by atoms with Crippen molar-refractivity contribution in [3.63, 3.8) is 0 Å². The second-order valence-corrected chi connectivity index (χ2v) is 5.24. The number of thiazole rings is 1. The zero-order valence-corrected chi connectivity index (χ0v) is 12.3. The van der Waals surface area contributed by atoms with Gasteiger partial charge in [0.25, 0.3) is 0 Å². The lowest BCUT2D eigenvalue weighted by Crippen LogP contribution is -1.95. The number of benzene rings is 1. The molecule has 1 aromatic carbocycles. The molecule has 6 heteroatoms. The Morgan fingerprint density at radius 1 is 1.44 bits per heavy atom. The summed E-state index contributed by atoms with van der Waals surface area (Å²) in [6.07, 6.45) is 0. The van der Waals surface area contributed by atoms with Crippen LogP contribution in [0.5, 0.6) is 5.75 Å². The van der Waals surface area contributed by atoms with E-state index in [1.807, 2.05) is 18.4 Å². The predicted molar refractivity (Wildman–Crippen MR) is 77.7 cm³/mol. The van der Waals surface area contributed by atoms with Gasteiger partial charge in [0.2, 0.25) is 0 Å². The molecule has 0 aliphatic rings. The van der Waals surface area contributed by atoms with Crippen LogP contribution in [0.2, 0.25) is 5.02 Å². The van der Waals surface area contributed by atoms with E-state index in [0.29, 0.717) is 16.7 Å². The Morgan fingerprint density at radius 2 is 2.22 bits per heavy atom. The Balaban J connectivity index is 2.30. The summed E-state index contributed by atoms with van der Waals surface area (Å²) in [4.78, 5) is 4.34. The first kappa shape index (κ1) is 13.5. The van der Waals surface area contributed by atoms with Gasteiger partial charge in [0.1, 0.15) is 5.75 Å². The number of ether oxygens (including phenoxy) is 1. The van der Waals surface area contributed by atoms with Gasteiger partial charge in [-0.3, -0.25) is 0 Å². The third-order valence-corrected chi connectivity index (χ3v) is 3.90. The number of alkyl halides is 1. The monoisotopic (exact) mass is 302 g/mol. The number of methoxy groups -OCH3 is 1. The molecule has 0 amide bonds. The molecule has 0 saturated carbocycles. The van der Waals surface area contributed by atoms with Crippen LogP contribution < -0.4 is 10.1 Å². The lowest BCUT2D eigenvalue weighted by atomic mass is 10.2. The molecule has 0 aliphatic carbocycles. The molecule has 0 aliphatic heterocycles. The van der Waals surface area contributed by atoms with Crippen LogP contribution in [0.15, 0.2) is 17.5 Å². The number of halogens is 2. The molecule has 0 fully saturated rings. The van der Waals surface area contributed by atoms with Gasteiger partial charge in [-0.15, -0.1) is 22.9 Å². The van der Waals surface area contributed by atoms with E-state index in [2.05, 4.69) is 10.3 Å². The number of hydrogen-bond acceptors (Lipinski definition) is 4. The molecule has 2 rings (SSSR count). The molecule has 18 heavy (non-hydrogen) atoms. The van der Waals surface area contributed by atoms with Gasteiger partial charge in [0.15, 0.2) is 5.13 Å². The summed E-state index contributed by atoms with van der Waals surface area (Å²) in [5.41, 5.74) is 2.68. The van der Waals surface area contributed by atoms with Crippen molar-refractivity contribution in [3.8, 4) is 5.75 Å². The van der Waals surface area contributed by atoms with Crippen molar-refractivity contribution in [2.75, 3.05) is 12.4 Å². The first-order valence-corrected chi connectivity index (χ1v) is 7.04. The Kier molecular flexibility index (Phi) is 4.32. The number of hydrogen-bond donors (Lipinski definition) is 1. The number of aryl methyl sites for hydroxylation is 1. The van der Waals surface area contributed by atoms with Gasteiger partial charge in [-0.05, 0) is 18.6 Å². The number of rotatable bonds is 4. The van der Waals surface area contributed by atoms with Crippen molar-refractivity contribution in [3.05, 3.63) is 33.8 Å². The third-order valence-electron chi connectivity index (χ3n) is 2.41. The van der Waals surface area contributed by atoms with Crippen LogP contribution in [0.3, 0.4) is 0 Å². The van der Waals surface area contributed by atoms with Gasteiger partial charge in [-0.2, -0.15) is 0 Å². The molecule has 2 aromatic rings. The molecule has 0 atom stereocenters. The highest BCUT2D eigenvalue weighted by Gasteiger charge is 2.09. The summed E-state index contributed by atoms with van der Waals surface area (Å²) >= 11 is 13.3. The Morgan fingerprint density at radius 3 is 2.83 bits per heavy atom. The molecule has 1 N–H and O–H groups in total. The van der Waals surface area contributed by atoms with Crippen LogP contribution in [0.4, 0.5) is 10.8 Å². The molecular formula is C12H12Cl2N2OS. The molecule has 0 saturated heterocycles. The smallest absolute Gasteiger partial charge is 0.187 e. The highest BCUT2D eigenvalue weighted by atomic mass is 35.5. The first-order chi connectivity index (χ1) is 8.63. The van der Waals surface area contributed by atoms with Gasteiger partial charge < -0.3 is 10.1 Å². The van der Waals surface area contributed by atoms with E-state index in [-0.39, 0.29) is 0 Å². The third kappa shape index (κ3) is 2.88. The normalized spacial score (nSPS) is 10.4. The summed E-state index contributed by atoms with van der Waals surface area (Å²) in [5.74, 6) is 1.10. The zero-order valence-electron chi connectivity index (χ0n) is 9.96. The summed E-state index contributed by atoms with van der Waals surface area (Å²) in [6.45, 7) is 1.94. The minimum atomic E-state index is 0.412. The maximum atomic E-state index is 6.06. The SMILES string of the molecule is COc1cc(Cl)c(C)cc1Nc1nc(CCl)cs1. The molecule has 1 aromatic heterocycles. The van der Waals surface area contributed by atoms with Crippen LogP contribution in [0, 0.1) is 6.92 Å². The largest absolute Gasteiger partial charge is 0.495 e. The number of anilines is 2. The van der Waals surface area contributed by atoms with E-state index in [4.69, 9.17) is 27.9 Å². The molecule has 0 radical (unpaired) electrons. The van der Waals surface area contributed by atoms with Gasteiger partial charge in [0.05, 0.1) is 24.4 Å². The highest BCUT2D eigenvalue weighted by Crippen LogP contribution is 2.33. The summed E-state index contributed by atoms with van der Waals surface area (Å²) < 4.78 is 5.29. The van der Waals surface area contributed by atoms with Crippen LogP contribution in [0.25, 0.3) is 0 Å². The van der Waals surface area contributed by atoms with Crippen molar-refractivity contribution in [2.45, 2.75) is 12.8 Å². The fourth-order valence-corrected chi connectivity index (χ4v) is 2.58. The Labute approximate surface area is 120 Å². The van der Waals surface area contributed by atoms with Crippen LogP contribution in [-0.2, 0) is 5.88 Å². The molecule has 1 heterocycles. The fourth-order valence-electron chi connectivity index (χ4n) is 1.47. The minimum absolute atomic E-state index is 0.412. The highest BCUT2D eigenvalue weighted by molar-refractivity contribution is 7.13. The van der Waals surface area contributed by atoms with E-state index < -0.39 is 0 Å². The molecule has 96 valence electrons. The van der Waals surface area contributed by atoms with E-state index in [1.54, 1.807) is 13.2 Å². The average molecular weight is 303 g/mol. The summed E-state index contributed by atoms with van der Waals surface area (Å²) in [7, 11) is 1.61. The quantitative estimate of drug-likeness (QED) is 0.838. The van der Waals surface area contributed by atoms with Crippen molar-refractivity contribution in [1.82, 2.24) is 4.98 Å². The Hall–Kier alpha value is -0.970. The Bertz CT molecular complexity index is 557. The second kappa shape index (κ2) is 5.78. The van der Waals surface area contributed by atoms with E-state index in [9.17, 15) is 0 Å². The lowest BCUT2D eigenvalue weighted by Gasteiger charge is -2.11. The van der Waals surface area contributed by atoms with Crippen LogP contribution in [-0.4, -0.2) is 12.1 Å². The van der Waals surface area contributed by atoms with E-state index >= 15 is 0 Å². The second-order valence-electron chi connectivity index (χ2n) is 3.70. The predicted octanol–water partition coefficient (Wildman–Crippen LogP) is 4.60. The van der Waals surface area contributed by atoms with Gasteiger partial charge in [-0.25, -0.2) is 4.98 Å². The lowest BCUT2D eigenvalue weighted by molar-refractivity contribution is 0.417. The molecule has 3 nitrogen and oxygen atoms in total. The molecule has 0 spiro atoms. The first-order valence-electron chi connectivity index (χ1n) is 5.25. The van der Waals surface area contributed by atoms with Gasteiger partial charge in [0, 0.05) is 16.5 Å². The van der Waals surface area contributed by atoms with Crippen molar-refractivity contribution in [2.24, 2.45) is 0 Å². The van der Waals surface area contributed by atoms with Crippen molar-refractivity contribution < 1.29 is 4.74 Å². The fraction of sp³-hybridized carbons (Fsp3) is 0.250. The topological polar surface area (TPSA) is 34.1 Å². The van der Waals surface area contributed by atoms with Gasteiger partial charge >= 0.3 is 0 Å². The molecular weight excluding hydrogens is 291 g/mol. The summed E-state index contributed by atoms with van der Waals surface area (Å²) in [5, 5.41) is 6.59. The van der Waals surface area contributed by atoms with Crippen molar-refractivity contribution >= 4 is 45.4 Å². The van der Waals surface area contributed by atoms with Crippen LogP contribution >= 0.6 is 34.5 Å². The van der Waals surface area contributed by atoms with Gasteiger partial charge in [-0.1, -0.05) is 11.6 Å². The molecule has 0 bridgehead atoms. The maximum Gasteiger partial charge on any atom is 0.187 e. The van der Waals surface area contributed by atoms with Crippen LogP contribution in [0.1, 0.15) is 11.3 Å². The average Bonchev–Trinajstić information content (AvgIpc) is 2.81. The minimum Gasteiger partial charge on any atom is -0.495 e. The van der Waals surface area contributed by atoms with E-state index in [1.165, 1.54) is 11.3 Å². The summed E-state index contributed by atoms with van der Waals surface area (Å²) in [6, 6.07) is 3.72. The standard InChI is InChI=1S/C12H12Cl2N2OS/c1-7-3-10(11(17-2)4-9(7)14)16-12-15-8(5-13)6-18-12/h3-4,6H,5H2,1-2H3,(H,15,16). The molecule has 0 unspecified atom stereocenters. The number of nitrogens with one attached hydrogen (secondary N) is 1. The zero-order chi connectivity index (χ0) is 13.1. The van der Waals surface area contributed by atoms with Crippen molar-refractivity contribution in [1.29, 1.82) is 0 Å².